The van der Waals surface area contributed by atoms with Crippen molar-refractivity contribution in [2.24, 2.45) is 0 Å². The fourth-order valence-corrected chi connectivity index (χ4v) is 1.44. The number of amides is 3. The van der Waals surface area contributed by atoms with Crippen LogP contribution in [-0.2, 0) is 4.79 Å². The summed E-state index contributed by atoms with van der Waals surface area (Å²) in [5.41, 5.74) is -3.10. The lowest BCUT2D eigenvalue weighted by atomic mass is 10.2. The Hall–Kier alpha value is -3.16. The zero-order valence-corrected chi connectivity index (χ0v) is 12.8. The van der Waals surface area contributed by atoms with E-state index in [-0.39, 0.29) is 6.08 Å². The number of benzene rings is 1. The molecule has 0 aliphatic rings. The number of carbonyl (C=O) groups excluding carboxylic acids is 2. The second-order valence-electron chi connectivity index (χ2n) is 4.79. The molecule has 0 spiro atoms. The lowest BCUT2D eigenvalue weighted by Crippen LogP contribution is -2.39. The lowest BCUT2D eigenvalue weighted by Gasteiger charge is -2.16. The summed E-state index contributed by atoms with van der Waals surface area (Å²) in [5.74, 6) is -3.85. The second-order valence-corrected chi connectivity index (χ2v) is 4.79. The molecule has 0 aromatic heterocycles. The number of nitrogens with zero attached hydrogens (tertiary/aromatic N) is 2. The highest BCUT2D eigenvalue weighted by molar-refractivity contribution is 6.00. The van der Waals surface area contributed by atoms with Gasteiger partial charge in [-0.2, -0.15) is 18.4 Å². The number of hydrogen-bond acceptors (Lipinski definition) is 3. The SMILES string of the molecule is CN(C)C(=O)NC(=CC(=O)Nc1cc(F)c(C#N)cc1F)C(F)(F)F. The van der Waals surface area contributed by atoms with Gasteiger partial charge in [0, 0.05) is 26.2 Å². The van der Waals surface area contributed by atoms with Crippen molar-refractivity contribution >= 4 is 17.6 Å². The average Bonchev–Trinajstić information content (AvgIpc) is 2.48. The Kier molecular flexibility index (Phi) is 6.05. The van der Waals surface area contributed by atoms with Crippen molar-refractivity contribution in [2.75, 3.05) is 19.4 Å². The van der Waals surface area contributed by atoms with Gasteiger partial charge in [-0.05, 0) is 6.07 Å². The summed E-state index contributed by atoms with van der Waals surface area (Å²) in [5, 5.41) is 11.7. The molecule has 0 unspecified atom stereocenters. The van der Waals surface area contributed by atoms with E-state index in [0.717, 1.165) is 4.90 Å². The summed E-state index contributed by atoms with van der Waals surface area (Å²) in [6.45, 7) is 0. The molecule has 0 fully saturated rings. The normalized spacial score (nSPS) is 11.5. The molecule has 1 rings (SSSR count). The first-order chi connectivity index (χ1) is 11.5. The molecule has 2 N–H and O–H groups in total. The van der Waals surface area contributed by atoms with E-state index < -0.39 is 46.7 Å². The first-order valence-corrected chi connectivity index (χ1v) is 6.43. The maximum absolute atomic E-state index is 13.6. The lowest BCUT2D eigenvalue weighted by molar-refractivity contribution is -0.114. The van der Waals surface area contributed by atoms with E-state index in [1.54, 1.807) is 5.32 Å². The summed E-state index contributed by atoms with van der Waals surface area (Å²) < 4.78 is 65.5. The molecule has 0 heterocycles. The van der Waals surface area contributed by atoms with Crippen LogP contribution < -0.4 is 10.6 Å². The van der Waals surface area contributed by atoms with Crippen LogP contribution in [0.25, 0.3) is 0 Å². The van der Waals surface area contributed by atoms with E-state index >= 15 is 0 Å². The Bertz CT molecular complexity index is 766. The average molecular weight is 362 g/mol. The third kappa shape index (κ3) is 5.45. The van der Waals surface area contributed by atoms with Crippen molar-refractivity contribution < 1.29 is 31.5 Å². The summed E-state index contributed by atoms with van der Waals surface area (Å²) in [4.78, 5) is 23.7. The molecule has 0 saturated heterocycles. The molecule has 11 heteroatoms. The number of nitriles is 1. The van der Waals surface area contributed by atoms with E-state index in [9.17, 15) is 31.5 Å². The van der Waals surface area contributed by atoms with Crippen molar-refractivity contribution in [3.63, 3.8) is 0 Å². The third-order valence-electron chi connectivity index (χ3n) is 2.66. The number of allylic oxidation sites excluding steroid dienone is 1. The molecule has 0 atom stereocenters. The predicted octanol–water partition coefficient (Wildman–Crippen LogP) is 2.49. The molecule has 1 aromatic carbocycles. The van der Waals surface area contributed by atoms with Gasteiger partial charge >= 0.3 is 12.2 Å². The van der Waals surface area contributed by atoms with Gasteiger partial charge in [0.25, 0.3) is 5.91 Å². The minimum Gasteiger partial charge on any atom is -0.331 e. The van der Waals surface area contributed by atoms with Crippen molar-refractivity contribution in [2.45, 2.75) is 6.18 Å². The van der Waals surface area contributed by atoms with Crippen molar-refractivity contribution in [3.8, 4) is 6.07 Å². The van der Waals surface area contributed by atoms with Crippen molar-refractivity contribution in [1.29, 1.82) is 5.26 Å². The highest BCUT2D eigenvalue weighted by Crippen LogP contribution is 2.24. The van der Waals surface area contributed by atoms with Crippen LogP contribution in [-0.4, -0.2) is 37.1 Å². The number of hydrogen-bond donors (Lipinski definition) is 2. The number of halogens is 5. The molecule has 3 amide bonds. The summed E-state index contributed by atoms with van der Waals surface area (Å²) >= 11 is 0. The molecule has 0 bridgehead atoms. The first kappa shape index (κ1) is 19.9. The van der Waals surface area contributed by atoms with E-state index in [1.165, 1.54) is 25.5 Å². The van der Waals surface area contributed by atoms with Gasteiger partial charge in [-0.3, -0.25) is 4.79 Å². The number of carbonyl (C=O) groups is 2. The van der Waals surface area contributed by atoms with Crippen LogP contribution in [0.4, 0.5) is 32.4 Å². The van der Waals surface area contributed by atoms with Crippen molar-refractivity contribution in [1.82, 2.24) is 10.2 Å². The Morgan fingerprint density at radius 3 is 2.28 bits per heavy atom. The van der Waals surface area contributed by atoms with Gasteiger partial charge in [0.1, 0.15) is 23.4 Å². The largest absolute Gasteiger partial charge is 0.431 e. The summed E-state index contributed by atoms with van der Waals surface area (Å²) in [7, 11) is 2.36. The molecule has 1 aromatic rings. The van der Waals surface area contributed by atoms with Crippen LogP contribution in [0.1, 0.15) is 5.56 Å². The Balaban J connectivity index is 3.08. The van der Waals surface area contributed by atoms with Gasteiger partial charge in [0.05, 0.1) is 11.3 Å². The fraction of sp³-hybridized carbons (Fsp3) is 0.214. The maximum atomic E-state index is 13.6. The van der Waals surface area contributed by atoms with E-state index in [2.05, 4.69) is 0 Å². The van der Waals surface area contributed by atoms with Gasteiger partial charge in [-0.25, -0.2) is 13.6 Å². The minimum atomic E-state index is -5.07. The molecule has 25 heavy (non-hydrogen) atoms. The van der Waals surface area contributed by atoms with Gasteiger partial charge in [0.2, 0.25) is 0 Å². The number of alkyl halides is 3. The van der Waals surface area contributed by atoms with Crippen LogP contribution in [0.15, 0.2) is 23.9 Å². The smallest absolute Gasteiger partial charge is 0.331 e. The zero-order valence-electron chi connectivity index (χ0n) is 12.8. The van der Waals surface area contributed by atoms with E-state index in [1.807, 2.05) is 0 Å². The van der Waals surface area contributed by atoms with Gasteiger partial charge in [-0.1, -0.05) is 0 Å². The van der Waals surface area contributed by atoms with Crippen molar-refractivity contribution in [3.05, 3.63) is 41.1 Å². The minimum absolute atomic E-state index is 0.0169. The Morgan fingerprint density at radius 1 is 1.20 bits per heavy atom. The number of nitrogens with one attached hydrogen (secondary N) is 2. The monoisotopic (exact) mass is 362 g/mol. The van der Waals surface area contributed by atoms with Crippen LogP contribution in [0.2, 0.25) is 0 Å². The van der Waals surface area contributed by atoms with Gasteiger partial charge in [0.15, 0.2) is 0 Å². The molecule has 134 valence electrons. The molecule has 0 radical (unpaired) electrons. The Morgan fingerprint density at radius 2 is 1.80 bits per heavy atom. The Labute approximate surface area is 138 Å². The topological polar surface area (TPSA) is 85.2 Å². The first-order valence-electron chi connectivity index (χ1n) is 6.43. The third-order valence-corrected chi connectivity index (χ3v) is 2.66. The zero-order chi connectivity index (χ0) is 19.4. The molecular formula is C14H11F5N4O2. The molecule has 0 saturated carbocycles. The van der Waals surface area contributed by atoms with Crippen LogP contribution in [0.3, 0.4) is 0 Å². The molecular weight excluding hydrogens is 351 g/mol. The highest BCUT2D eigenvalue weighted by atomic mass is 19.4. The number of anilines is 1. The van der Waals surface area contributed by atoms with Gasteiger partial charge in [-0.15, -0.1) is 0 Å². The van der Waals surface area contributed by atoms with E-state index in [4.69, 9.17) is 5.26 Å². The second kappa shape index (κ2) is 7.61. The van der Waals surface area contributed by atoms with Crippen LogP contribution in [0.5, 0.6) is 0 Å². The predicted molar refractivity (Wildman–Crippen MR) is 76.1 cm³/mol. The number of urea groups is 1. The van der Waals surface area contributed by atoms with Crippen LogP contribution >= 0.6 is 0 Å². The van der Waals surface area contributed by atoms with Gasteiger partial charge < -0.3 is 15.5 Å². The standard InChI is InChI=1S/C14H11F5N4O2/c1-23(2)13(25)22-11(14(17,18)19)5-12(24)21-10-4-8(15)7(6-20)3-9(10)16/h3-5H,1-2H3,(H,21,24)(H,22,25). The van der Waals surface area contributed by atoms with Crippen LogP contribution in [0, 0.1) is 23.0 Å². The summed E-state index contributed by atoms with van der Waals surface area (Å²) in [6.07, 6.45) is -5.09. The molecule has 6 nitrogen and oxygen atoms in total. The van der Waals surface area contributed by atoms with E-state index in [0.29, 0.717) is 12.1 Å². The quantitative estimate of drug-likeness (QED) is 0.640. The maximum Gasteiger partial charge on any atom is 0.431 e. The molecule has 0 aliphatic carbocycles. The summed E-state index contributed by atoms with van der Waals surface area (Å²) in [6, 6.07) is 1.14. The fourth-order valence-electron chi connectivity index (χ4n) is 1.44. The molecule has 0 aliphatic heterocycles. The highest BCUT2D eigenvalue weighted by Gasteiger charge is 2.36. The number of rotatable bonds is 3.